The van der Waals surface area contributed by atoms with Crippen LogP contribution in [-0.2, 0) is 14.3 Å². The van der Waals surface area contributed by atoms with Gasteiger partial charge >= 0.3 is 5.97 Å². The summed E-state index contributed by atoms with van der Waals surface area (Å²) in [7, 11) is 0. The van der Waals surface area contributed by atoms with Crippen molar-refractivity contribution >= 4 is 5.97 Å². The molecule has 1 saturated heterocycles. The molecule has 6 atom stereocenters. The predicted octanol–water partition coefficient (Wildman–Crippen LogP) is 3.70. The fraction of sp³-hybridized carbons (Fsp3) is 0.941. The van der Waals surface area contributed by atoms with E-state index in [2.05, 4.69) is 20.8 Å². The van der Waals surface area contributed by atoms with Crippen LogP contribution in [0.25, 0.3) is 0 Å². The van der Waals surface area contributed by atoms with Crippen LogP contribution in [0, 0.1) is 17.8 Å². The monoisotopic (exact) mass is 280 g/mol. The van der Waals surface area contributed by atoms with Crippen LogP contribution in [0.15, 0.2) is 0 Å². The van der Waals surface area contributed by atoms with Crippen molar-refractivity contribution in [3.05, 3.63) is 0 Å². The van der Waals surface area contributed by atoms with Gasteiger partial charge in [-0.15, -0.1) is 0 Å². The summed E-state index contributed by atoms with van der Waals surface area (Å²) in [5, 5.41) is 0. The van der Waals surface area contributed by atoms with E-state index >= 15 is 0 Å². The molecule has 3 rings (SSSR count). The SMILES string of the molecule is CCC1CC(C(=O)OC2(C)CC3CCC2C3)C(CC)O1. The molecule has 3 aliphatic rings. The molecule has 2 aliphatic carbocycles. The topological polar surface area (TPSA) is 35.5 Å². The third kappa shape index (κ3) is 2.38. The van der Waals surface area contributed by atoms with E-state index < -0.39 is 0 Å². The zero-order chi connectivity index (χ0) is 14.3. The number of fused-ring (bicyclic) bond motifs is 2. The molecule has 3 heteroatoms. The number of ether oxygens (including phenoxy) is 2. The molecule has 0 aromatic heterocycles. The molecule has 0 spiro atoms. The first-order chi connectivity index (χ1) is 9.55. The first-order valence-electron chi connectivity index (χ1n) is 8.44. The van der Waals surface area contributed by atoms with Crippen LogP contribution in [0.5, 0.6) is 0 Å². The van der Waals surface area contributed by atoms with Gasteiger partial charge in [-0.3, -0.25) is 4.79 Å². The second-order valence-corrected chi connectivity index (χ2v) is 7.27. The highest BCUT2D eigenvalue weighted by molar-refractivity contribution is 5.74. The minimum absolute atomic E-state index is 0.00264. The number of esters is 1. The third-order valence-electron chi connectivity index (χ3n) is 5.93. The Morgan fingerprint density at radius 3 is 2.60 bits per heavy atom. The maximum absolute atomic E-state index is 12.6. The summed E-state index contributed by atoms with van der Waals surface area (Å²) in [6.45, 7) is 6.38. The lowest BCUT2D eigenvalue weighted by Gasteiger charge is -2.35. The second-order valence-electron chi connectivity index (χ2n) is 7.27. The number of hydrogen-bond acceptors (Lipinski definition) is 3. The normalized spacial score (nSPS) is 46.9. The van der Waals surface area contributed by atoms with E-state index in [0.29, 0.717) is 5.92 Å². The van der Waals surface area contributed by atoms with Crippen LogP contribution in [-0.4, -0.2) is 23.8 Å². The summed E-state index contributed by atoms with van der Waals surface area (Å²) in [6.07, 6.45) is 7.95. The molecule has 114 valence electrons. The average Bonchev–Trinajstić information content (AvgIpc) is 3.10. The Morgan fingerprint density at radius 1 is 1.25 bits per heavy atom. The lowest BCUT2D eigenvalue weighted by Crippen LogP contribution is -2.40. The highest BCUT2D eigenvalue weighted by Gasteiger charge is 2.52. The molecule has 3 fully saturated rings. The predicted molar refractivity (Wildman–Crippen MR) is 77.3 cm³/mol. The van der Waals surface area contributed by atoms with Gasteiger partial charge in [-0.05, 0) is 63.7 Å². The number of rotatable bonds is 4. The lowest BCUT2D eigenvalue weighted by atomic mass is 9.85. The summed E-state index contributed by atoms with van der Waals surface area (Å²) < 4.78 is 12.0. The molecular formula is C17H28O3. The quantitative estimate of drug-likeness (QED) is 0.737. The van der Waals surface area contributed by atoms with Crippen molar-refractivity contribution in [2.45, 2.75) is 83.5 Å². The van der Waals surface area contributed by atoms with Crippen molar-refractivity contribution < 1.29 is 14.3 Å². The summed E-state index contributed by atoms with van der Waals surface area (Å²) in [5.74, 6) is 1.35. The first-order valence-corrected chi connectivity index (χ1v) is 8.44. The summed E-state index contributed by atoms with van der Waals surface area (Å²) in [4.78, 5) is 12.6. The molecule has 0 aromatic rings. The van der Waals surface area contributed by atoms with Crippen molar-refractivity contribution in [3.8, 4) is 0 Å². The van der Waals surface area contributed by atoms with Gasteiger partial charge in [0, 0.05) is 0 Å². The fourth-order valence-electron chi connectivity index (χ4n) is 4.71. The van der Waals surface area contributed by atoms with Gasteiger partial charge in [0.1, 0.15) is 5.60 Å². The Bertz CT molecular complexity index is 380. The Kier molecular flexibility index (Phi) is 3.83. The van der Waals surface area contributed by atoms with Crippen LogP contribution >= 0.6 is 0 Å². The number of hydrogen-bond donors (Lipinski definition) is 0. The molecule has 20 heavy (non-hydrogen) atoms. The van der Waals surface area contributed by atoms with Gasteiger partial charge < -0.3 is 9.47 Å². The van der Waals surface area contributed by atoms with Crippen molar-refractivity contribution in [1.82, 2.24) is 0 Å². The molecule has 1 aliphatic heterocycles. The number of carbonyl (C=O) groups is 1. The van der Waals surface area contributed by atoms with Gasteiger partial charge in [0.25, 0.3) is 0 Å². The zero-order valence-corrected chi connectivity index (χ0v) is 13.1. The molecule has 1 heterocycles. The summed E-state index contributed by atoms with van der Waals surface area (Å²) in [5.41, 5.74) is -0.192. The molecule has 0 radical (unpaired) electrons. The van der Waals surface area contributed by atoms with Crippen LogP contribution in [0.2, 0.25) is 0 Å². The van der Waals surface area contributed by atoms with Gasteiger partial charge in [0.2, 0.25) is 0 Å². The van der Waals surface area contributed by atoms with E-state index in [1.54, 1.807) is 0 Å². The molecule has 2 saturated carbocycles. The second kappa shape index (κ2) is 5.32. The highest BCUT2D eigenvalue weighted by Crippen LogP contribution is 2.52. The van der Waals surface area contributed by atoms with Crippen molar-refractivity contribution in [2.24, 2.45) is 17.8 Å². The average molecular weight is 280 g/mol. The van der Waals surface area contributed by atoms with E-state index in [9.17, 15) is 4.79 Å². The zero-order valence-electron chi connectivity index (χ0n) is 13.1. The van der Waals surface area contributed by atoms with Gasteiger partial charge in [-0.2, -0.15) is 0 Å². The van der Waals surface area contributed by atoms with Crippen LogP contribution in [0.4, 0.5) is 0 Å². The molecule has 3 nitrogen and oxygen atoms in total. The van der Waals surface area contributed by atoms with Gasteiger partial charge in [-0.25, -0.2) is 0 Å². The molecule has 0 N–H and O–H groups in total. The van der Waals surface area contributed by atoms with E-state index in [1.165, 1.54) is 19.3 Å². The maximum atomic E-state index is 12.6. The van der Waals surface area contributed by atoms with Crippen molar-refractivity contribution in [2.75, 3.05) is 0 Å². The standard InChI is InChI=1S/C17H28O3/c1-4-13-9-14(15(5-2)19-13)16(18)20-17(3)10-11-6-7-12(17)8-11/h11-15H,4-10H2,1-3H3. The van der Waals surface area contributed by atoms with Gasteiger partial charge in [0.15, 0.2) is 0 Å². The van der Waals surface area contributed by atoms with Gasteiger partial charge in [-0.1, -0.05) is 13.8 Å². The van der Waals surface area contributed by atoms with E-state index in [1.807, 2.05) is 0 Å². The van der Waals surface area contributed by atoms with E-state index in [0.717, 1.165) is 31.6 Å². The van der Waals surface area contributed by atoms with E-state index in [4.69, 9.17) is 9.47 Å². The fourth-order valence-corrected chi connectivity index (χ4v) is 4.71. The maximum Gasteiger partial charge on any atom is 0.312 e. The van der Waals surface area contributed by atoms with E-state index in [-0.39, 0.29) is 29.7 Å². The smallest absolute Gasteiger partial charge is 0.312 e. The van der Waals surface area contributed by atoms with Crippen LogP contribution in [0.1, 0.15) is 65.7 Å². The molecule has 6 unspecified atom stereocenters. The molecule has 2 bridgehead atoms. The van der Waals surface area contributed by atoms with Crippen molar-refractivity contribution in [1.29, 1.82) is 0 Å². The Hall–Kier alpha value is -0.570. The summed E-state index contributed by atoms with van der Waals surface area (Å²) in [6, 6.07) is 0. The Labute approximate surface area is 122 Å². The summed E-state index contributed by atoms with van der Waals surface area (Å²) >= 11 is 0. The first kappa shape index (κ1) is 14.4. The largest absolute Gasteiger partial charge is 0.459 e. The molecule has 0 amide bonds. The third-order valence-corrected chi connectivity index (χ3v) is 5.93. The van der Waals surface area contributed by atoms with Gasteiger partial charge in [0.05, 0.1) is 18.1 Å². The molecule has 0 aromatic carbocycles. The minimum atomic E-state index is -0.192. The molecular weight excluding hydrogens is 252 g/mol. The van der Waals surface area contributed by atoms with Crippen LogP contribution in [0.3, 0.4) is 0 Å². The lowest BCUT2D eigenvalue weighted by molar-refractivity contribution is -0.170. The van der Waals surface area contributed by atoms with Crippen LogP contribution < -0.4 is 0 Å². The Morgan fingerprint density at radius 2 is 2.05 bits per heavy atom. The number of carbonyl (C=O) groups excluding carboxylic acids is 1. The Balaban J connectivity index is 1.64. The van der Waals surface area contributed by atoms with Crippen molar-refractivity contribution in [3.63, 3.8) is 0 Å². The minimum Gasteiger partial charge on any atom is -0.459 e. The highest BCUT2D eigenvalue weighted by atomic mass is 16.6.